The molecule has 3 N–H and O–H groups in total. The minimum Gasteiger partial charge on any atom is -0.388 e. The summed E-state index contributed by atoms with van der Waals surface area (Å²) in [7, 11) is 0. The third-order valence-corrected chi connectivity index (χ3v) is 2.70. The van der Waals surface area contributed by atoms with E-state index in [4.69, 9.17) is 0 Å². The Bertz CT molecular complexity index is 336. The summed E-state index contributed by atoms with van der Waals surface area (Å²) in [5.41, 5.74) is -1.33. The van der Waals surface area contributed by atoms with E-state index in [1.165, 1.54) is 12.5 Å². The van der Waals surface area contributed by atoms with Crippen LogP contribution >= 0.6 is 0 Å². The summed E-state index contributed by atoms with van der Waals surface area (Å²) in [5.74, 6) is -0.278. The molecule has 0 saturated carbocycles. The molecule has 0 aromatic carbocycles. The number of hydrogen-bond donors (Lipinski definition) is 3. The van der Waals surface area contributed by atoms with Crippen molar-refractivity contribution in [3.8, 4) is 0 Å². The Labute approximate surface area is 88.9 Å². The molecule has 0 radical (unpaired) electrons. The molecule has 1 aromatic heterocycles. The van der Waals surface area contributed by atoms with E-state index in [-0.39, 0.29) is 5.91 Å². The van der Waals surface area contributed by atoms with Crippen molar-refractivity contribution in [3.63, 3.8) is 0 Å². The zero-order valence-electron chi connectivity index (χ0n) is 9.46. The molecule has 5 nitrogen and oxygen atoms in total. The van der Waals surface area contributed by atoms with Gasteiger partial charge in [0.2, 0.25) is 0 Å². The zero-order valence-corrected chi connectivity index (χ0v) is 9.46. The maximum absolute atomic E-state index is 11.7. The van der Waals surface area contributed by atoms with Gasteiger partial charge < -0.3 is 15.4 Å². The Balaban J connectivity index is 2.75. The summed E-state index contributed by atoms with van der Waals surface area (Å²) in [6, 6.07) is 0. The summed E-state index contributed by atoms with van der Waals surface area (Å²) in [4.78, 5) is 18.1. The minimum absolute atomic E-state index is 0.278. The average Bonchev–Trinajstić information content (AvgIpc) is 2.51. The first-order valence-corrected chi connectivity index (χ1v) is 4.77. The van der Waals surface area contributed by atoms with Crippen molar-refractivity contribution in [2.45, 2.75) is 38.8 Å². The SMILES string of the molecule is CC(C)(O)C(C)(C)NC(=O)c1cnc[nH]1. The number of nitrogens with zero attached hydrogens (tertiary/aromatic N) is 1. The maximum atomic E-state index is 11.7. The molecular formula is C10H17N3O2. The van der Waals surface area contributed by atoms with Crippen LogP contribution < -0.4 is 5.32 Å². The normalized spacial score (nSPS) is 12.6. The number of aromatic amines is 1. The van der Waals surface area contributed by atoms with Crippen molar-refractivity contribution in [1.29, 1.82) is 0 Å². The quantitative estimate of drug-likeness (QED) is 0.688. The van der Waals surface area contributed by atoms with Gasteiger partial charge in [0.25, 0.3) is 5.91 Å². The lowest BCUT2D eigenvalue weighted by Gasteiger charge is -2.37. The first-order valence-electron chi connectivity index (χ1n) is 4.77. The van der Waals surface area contributed by atoms with Crippen LogP contribution in [0.15, 0.2) is 12.5 Å². The van der Waals surface area contributed by atoms with Crippen LogP contribution in [0.3, 0.4) is 0 Å². The second-order valence-electron chi connectivity index (χ2n) is 4.60. The van der Waals surface area contributed by atoms with Gasteiger partial charge in [-0.05, 0) is 27.7 Å². The molecule has 84 valence electrons. The number of rotatable bonds is 3. The van der Waals surface area contributed by atoms with Crippen molar-refractivity contribution in [1.82, 2.24) is 15.3 Å². The molecule has 0 bridgehead atoms. The van der Waals surface area contributed by atoms with Crippen LogP contribution in [0.25, 0.3) is 0 Å². The number of amides is 1. The number of imidazole rings is 1. The van der Waals surface area contributed by atoms with E-state index in [9.17, 15) is 9.90 Å². The third-order valence-electron chi connectivity index (χ3n) is 2.70. The summed E-state index contributed by atoms with van der Waals surface area (Å²) in [5, 5.41) is 12.6. The molecule has 0 unspecified atom stereocenters. The predicted octanol–water partition coefficient (Wildman–Crippen LogP) is 0.689. The van der Waals surface area contributed by atoms with Crippen LogP contribution in [0.1, 0.15) is 38.2 Å². The zero-order chi connectivity index (χ0) is 11.7. The van der Waals surface area contributed by atoms with Gasteiger partial charge in [-0.25, -0.2) is 4.98 Å². The van der Waals surface area contributed by atoms with Gasteiger partial charge in [0.15, 0.2) is 0 Å². The Morgan fingerprint density at radius 3 is 2.47 bits per heavy atom. The highest BCUT2D eigenvalue weighted by Crippen LogP contribution is 2.20. The van der Waals surface area contributed by atoms with Gasteiger partial charge in [-0.1, -0.05) is 0 Å². The standard InChI is InChI=1S/C10H17N3O2/c1-9(2,10(3,4)15)13-8(14)7-5-11-6-12-7/h5-6,15H,1-4H3,(H,11,12)(H,13,14). The summed E-state index contributed by atoms with van der Waals surface area (Å²) in [6.45, 7) is 6.84. The molecule has 1 rings (SSSR count). The van der Waals surface area contributed by atoms with Crippen LogP contribution in [0, 0.1) is 0 Å². The predicted molar refractivity (Wildman–Crippen MR) is 56.4 cm³/mol. The van der Waals surface area contributed by atoms with Crippen molar-refractivity contribution < 1.29 is 9.90 Å². The lowest BCUT2D eigenvalue weighted by molar-refractivity contribution is -0.00301. The topological polar surface area (TPSA) is 78.0 Å². The van der Waals surface area contributed by atoms with E-state index in [2.05, 4.69) is 15.3 Å². The number of hydrogen-bond acceptors (Lipinski definition) is 3. The van der Waals surface area contributed by atoms with Gasteiger partial charge in [0, 0.05) is 0 Å². The van der Waals surface area contributed by atoms with Crippen molar-refractivity contribution in [3.05, 3.63) is 18.2 Å². The van der Waals surface area contributed by atoms with Crippen LogP contribution in [0.4, 0.5) is 0 Å². The Morgan fingerprint density at radius 1 is 1.47 bits per heavy atom. The largest absolute Gasteiger partial charge is 0.388 e. The van der Waals surface area contributed by atoms with E-state index >= 15 is 0 Å². The van der Waals surface area contributed by atoms with Gasteiger partial charge in [-0.2, -0.15) is 0 Å². The van der Waals surface area contributed by atoms with Crippen LogP contribution in [-0.4, -0.2) is 32.1 Å². The summed E-state index contributed by atoms with van der Waals surface area (Å²) in [6.07, 6.45) is 2.88. The summed E-state index contributed by atoms with van der Waals surface area (Å²) < 4.78 is 0. The second kappa shape index (κ2) is 3.66. The molecule has 0 aliphatic carbocycles. The molecule has 0 fully saturated rings. The van der Waals surface area contributed by atoms with E-state index in [0.29, 0.717) is 5.69 Å². The van der Waals surface area contributed by atoms with E-state index in [1.807, 2.05) is 0 Å². The van der Waals surface area contributed by atoms with Crippen molar-refractivity contribution >= 4 is 5.91 Å². The molecule has 1 aromatic rings. The van der Waals surface area contributed by atoms with Crippen LogP contribution in [-0.2, 0) is 0 Å². The van der Waals surface area contributed by atoms with Crippen LogP contribution in [0.5, 0.6) is 0 Å². The fourth-order valence-corrected chi connectivity index (χ4v) is 0.884. The number of aromatic nitrogens is 2. The molecule has 1 amide bonds. The first-order chi connectivity index (χ1) is 6.74. The first kappa shape index (κ1) is 11.7. The summed E-state index contributed by atoms with van der Waals surface area (Å²) >= 11 is 0. The lowest BCUT2D eigenvalue weighted by atomic mass is 9.86. The molecular weight excluding hydrogens is 194 g/mol. The number of carbonyl (C=O) groups is 1. The van der Waals surface area contributed by atoms with E-state index in [1.54, 1.807) is 27.7 Å². The van der Waals surface area contributed by atoms with Crippen molar-refractivity contribution in [2.75, 3.05) is 0 Å². The van der Waals surface area contributed by atoms with Gasteiger partial charge in [-0.3, -0.25) is 4.79 Å². The highest BCUT2D eigenvalue weighted by Gasteiger charge is 2.36. The minimum atomic E-state index is -0.997. The van der Waals surface area contributed by atoms with E-state index in [0.717, 1.165) is 0 Å². The Hall–Kier alpha value is -1.36. The molecule has 1 heterocycles. The smallest absolute Gasteiger partial charge is 0.269 e. The average molecular weight is 211 g/mol. The highest BCUT2D eigenvalue weighted by molar-refractivity contribution is 5.92. The Morgan fingerprint density at radius 2 is 2.07 bits per heavy atom. The van der Waals surface area contributed by atoms with E-state index < -0.39 is 11.1 Å². The Kier molecular flexibility index (Phi) is 2.86. The molecule has 0 atom stereocenters. The number of H-pyrrole nitrogens is 1. The molecule has 0 saturated heterocycles. The second-order valence-corrected chi connectivity index (χ2v) is 4.60. The number of aliphatic hydroxyl groups is 1. The monoisotopic (exact) mass is 211 g/mol. The van der Waals surface area contributed by atoms with Gasteiger partial charge in [0.1, 0.15) is 5.69 Å². The fourth-order valence-electron chi connectivity index (χ4n) is 0.884. The number of nitrogens with one attached hydrogen (secondary N) is 2. The molecule has 0 spiro atoms. The van der Waals surface area contributed by atoms with Crippen molar-refractivity contribution in [2.24, 2.45) is 0 Å². The molecule has 15 heavy (non-hydrogen) atoms. The fraction of sp³-hybridized carbons (Fsp3) is 0.600. The maximum Gasteiger partial charge on any atom is 0.269 e. The molecule has 0 aliphatic heterocycles. The van der Waals surface area contributed by atoms with Crippen LogP contribution in [0.2, 0.25) is 0 Å². The lowest BCUT2D eigenvalue weighted by Crippen LogP contribution is -2.57. The molecule has 5 heteroatoms. The van der Waals surface area contributed by atoms with Gasteiger partial charge in [-0.15, -0.1) is 0 Å². The highest BCUT2D eigenvalue weighted by atomic mass is 16.3. The van der Waals surface area contributed by atoms with Gasteiger partial charge in [0.05, 0.1) is 23.7 Å². The molecule has 0 aliphatic rings. The third kappa shape index (κ3) is 2.56. The van der Waals surface area contributed by atoms with Gasteiger partial charge >= 0.3 is 0 Å². The number of carbonyl (C=O) groups excluding carboxylic acids is 1.